The van der Waals surface area contributed by atoms with Crippen LogP contribution in [0, 0.1) is 0 Å². The SMILES string of the molecule is CCN(CC)S(=O)(=O)c1ccc(NC(=O)CO/N=C(/N)c2ccnc(N3CCCCC3)c2)cc1. The van der Waals surface area contributed by atoms with Gasteiger partial charge in [-0.1, -0.05) is 19.0 Å². The third-order valence-electron chi connectivity index (χ3n) is 5.56. The van der Waals surface area contributed by atoms with E-state index in [1.807, 2.05) is 6.07 Å². The molecule has 1 aliphatic heterocycles. The molecule has 1 saturated heterocycles. The molecule has 1 aliphatic rings. The lowest BCUT2D eigenvalue weighted by Crippen LogP contribution is -2.30. The van der Waals surface area contributed by atoms with Crippen molar-refractivity contribution in [2.45, 2.75) is 38.0 Å². The quantitative estimate of drug-likeness (QED) is 0.298. The predicted octanol–water partition coefficient (Wildman–Crippen LogP) is 2.38. The summed E-state index contributed by atoms with van der Waals surface area (Å²) in [5.74, 6) is 0.554. The number of amidine groups is 1. The Bertz CT molecular complexity index is 1090. The molecule has 0 radical (unpaired) electrons. The van der Waals surface area contributed by atoms with Gasteiger partial charge in [-0.15, -0.1) is 0 Å². The average molecular weight is 489 g/mol. The van der Waals surface area contributed by atoms with E-state index >= 15 is 0 Å². The molecule has 0 atom stereocenters. The minimum Gasteiger partial charge on any atom is -0.384 e. The fourth-order valence-corrected chi connectivity index (χ4v) is 5.16. The number of nitrogens with two attached hydrogens (primary N) is 1. The molecule has 2 heterocycles. The highest BCUT2D eigenvalue weighted by molar-refractivity contribution is 7.89. The second-order valence-electron chi connectivity index (χ2n) is 7.86. The standard InChI is InChI=1S/C23H32N6O4S/c1-3-29(4-2)34(31,32)20-10-8-19(9-11-20)26-22(30)17-33-27-23(24)18-12-13-25-21(16-18)28-14-6-5-7-15-28/h8-13,16H,3-7,14-15,17H2,1-2H3,(H2,24,27)(H,26,30). The molecule has 11 heteroatoms. The van der Waals surface area contributed by atoms with Crippen molar-refractivity contribution >= 4 is 33.3 Å². The first-order valence-electron chi connectivity index (χ1n) is 11.4. The first-order valence-corrected chi connectivity index (χ1v) is 12.9. The summed E-state index contributed by atoms with van der Waals surface area (Å²) in [6.07, 6.45) is 5.19. The van der Waals surface area contributed by atoms with E-state index in [2.05, 4.69) is 20.4 Å². The molecule has 3 N–H and O–H groups in total. The van der Waals surface area contributed by atoms with Crippen LogP contribution in [-0.4, -0.2) is 62.2 Å². The number of anilines is 2. The number of rotatable bonds is 10. The summed E-state index contributed by atoms with van der Waals surface area (Å²) in [5.41, 5.74) is 7.14. The van der Waals surface area contributed by atoms with Crippen LogP contribution in [0.1, 0.15) is 38.7 Å². The van der Waals surface area contributed by atoms with Gasteiger partial charge in [0.2, 0.25) is 10.0 Å². The summed E-state index contributed by atoms with van der Waals surface area (Å²) < 4.78 is 26.5. The van der Waals surface area contributed by atoms with Gasteiger partial charge in [0, 0.05) is 43.6 Å². The van der Waals surface area contributed by atoms with E-state index in [0.29, 0.717) is 24.3 Å². The van der Waals surface area contributed by atoms with Crippen molar-refractivity contribution < 1.29 is 18.0 Å². The number of piperidine rings is 1. The second-order valence-corrected chi connectivity index (χ2v) is 9.80. The molecule has 34 heavy (non-hydrogen) atoms. The van der Waals surface area contributed by atoms with Crippen molar-refractivity contribution in [1.29, 1.82) is 0 Å². The number of oxime groups is 1. The maximum absolute atomic E-state index is 12.5. The van der Waals surface area contributed by atoms with E-state index in [1.54, 1.807) is 26.1 Å². The number of nitrogens with one attached hydrogen (secondary N) is 1. The van der Waals surface area contributed by atoms with E-state index in [4.69, 9.17) is 10.6 Å². The largest absolute Gasteiger partial charge is 0.384 e. The van der Waals surface area contributed by atoms with Gasteiger partial charge in [0.15, 0.2) is 12.4 Å². The van der Waals surface area contributed by atoms with Gasteiger partial charge in [0.05, 0.1) is 4.90 Å². The van der Waals surface area contributed by atoms with Crippen molar-refractivity contribution in [2.75, 3.05) is 43.0 Å². The first-order chi connectivity index (χ1) is 16.3. The van der Waals surface area contributed by atoms with Crippen LogP contribution in [0.25, 0.3) is 0 Å². The predicted molar refractivity (Wildman–Crippen MR) is 132 cm³/mol. The number of carbonyl (C=O) groups excluding carboxylic acids is 1. The summed E-state index contributed by atoms with van der Waals surface area (Å²) in [5, 5.41) is 6.49. The number of benzene rings is 1. The highest BCUT2D eigenvalue weighted by Gasteiger charge is 2.21. The van der Waals surface area contributed by atoms with Gasteiger partial charge < -0.3 is 20.8 Å². The molecular weight excluding hydrogens is 456 g/mol. The van der Waals surface area contributed by atoms with Gasteiger partial charge in [0.1, 0.15) is 5.82 Å². The molecule has 0 bridgehead atoms. The fourth-order valence-electron chi connectivity index (χ4n) is 3.71. The molecule has 1 aromatic carbocycles. The van der Waals surface area contributed by atoms with Crippen LogP contribution in [0.2, 0.25) is 0 Å². The number of hydrogen-bond donors (Lipinski definition) is 2. The Kier molecular flexibility index (Phi) is 8.83. The van der Waals surface area contributed by atoms with Gasteiger partial charge in [-0.05, 0) is 55.7 Å². The zero-order chi connectivity index (χ0) is 24.6. The molecule has 2 aromatic rings. The molecule has 1 aromatic heterocycles. The number of nitrogens with zero attached hydrogens (tertiary/aromatic N) is 4. The molecule has 0 saturated carbocycles. The van der Waals surface area contributed by atoms with Gasteiger partial charge in [-0.2, -0.15) is 4.31 Å². The normalized spacial score (nSPS) is 14.8. The number of sulfonamides is 1. The highest BCUT2D eigenvalue weighted by Crippen LogP contribution is 2.19. The Hall–Kier alpha value is -3.18. The average Bonchev–Trinajstić information content (AvgIpc) is 2.85. The van der Waals surface area contributed by atoms with Crippen molar-refractivity contribution in [3.05, 3.63) is 48.2 Å². The monoisotopic (exact) mass is 488 g/mol. The topological polar surface area (TPSA) is 130 Å². The molecule has 1 fully saturated rings. The zero-order valence-electron chi connectivity index (χ0n) is 19.6. The molecule has 0 unspecified atom stereocenters. The number of carbonyl (C=O) groups is 1. The van der Waals surface area contributed by atoms with Gasteiger partial charge >= 0.3 is 0 Å². The van der Waals surface area contributed by atoms with Crippen LogP contribution >= 0.6 is 0 Å². The zero-order valence-corrected chi connectivity index (χ0v) is 20.4. The van der Waals surface area contributed by atoms with E-state index in [0.717, 1.165) is 31.7 Å². The Balaban J connectivity index is 1.54. The number of hydrogen-bond acceptors (Lipinski definition) is 7. The summed E-state index contributed by atoms with van der Waals surface area (Å²) in [6.45, 7) is 5.93. The van der Waals surface area contributed by atoms with Gasteiger partial charge in [-0.25, -0.2) is 13.4 Å². The van der Waals surface area contributed by atoms with Crippen LogP contribution < -0.4 is 16.0 Å². The van der Waals surface area contributed by atoms with E-state index in [9.17, 15) is 13.2 Å². The molecule has 0 aliphatic carbocycles. The molecule has 1 amide bonds. The van der Waals surface area contributed by atoms with Gasteiger partial charge in [0.25, 0.3) is 5.91 Å². The lowest BCUT2D eigenvalue weighted by Gasteiger charge is -2.27. The molecule has 10 nitrogen and oxygen atoms in total. The Morgan fingerprint density at radius 3 is 2.47 bits per heavy atom. The lowest BCUT2D eigenvalue weighted by atomic mass is 10.1. The van der Waals surface area contributed by atoms with Crippen molar-refractivity contribution in [2.24, 2.45) is 10.9 Å². The summed E-state index contributed by atoms with van der Waals surface area (Å²) >= 11 is 0. The van der Waals surface area contributed by atoms with E-state index in [-0.39, 0.29) is 17.3 Å². The van der Waals surface area contributed by atoms with Crippen molar-refractivity contribution in [3.63, 3.8) is 0 Å². The van der Waals surface area contributed by atoms with Crippen molar-refractivity contribution in [3.8, 4) is 0 Å². The number of aromatic nitrogens is 1. The first kappa shape index (κ1) is 25.4. The highest BCUT2D eigenvalue weighted by atomic mass is 32.2. The van der Waals surface area contributed by atoms with Crippen LogP contribution in [0.5, 0.6) is 0 Å². The van der Waals surface area contributed by atoms with E-state index < -0.39 is 15.9 Å². The minimum atomic E-state index is -3.55. The third kappa shape index (κ3) is 6.45. The van der Waals surface area contributed by atoms with Crippen molar-refractivity contribution in [1.82, 2.24) is 9.29 Å². The maximum atomic E-state index is 12.5. The van der Waals surface area contributed by atoms with Gasteiger partial charge in [-0.3, -0.25) is 4.79 Å². The molecule has 184 valence electrons. The summed E-state index contributed by atoms with van der Waals surface area (Å²) in [7, 11) is -3.55. The van der Waals surface area contributed by atoms with E-state index in [1.165, 1.54) is 35.0 Å². The second kappa shape index (κ2) is 11.8. The Morgan fingerprint density at radius 2 is 1.82 bits per heavy atom. The Labute approximate surface area is 200 Å². The third-order valence-corrected chi connectivity index (χ3v) is 7.63. The molecule has 3 rings (SSSR count). The number of amides is 1. The maximum Gasteiger partial charge on any atom is 0.265 e. The summed E-state index contributed by atoms with van der Waals surface area (Å²) in [4.78, 5) is 24.1. The molecular formula is C23H32N6O4S. The van der Waals surface area contributed by atoms with Crippen LogP contribution in [-0.2, 0) is 19.7 Å². The summed E-state index contributed by atoms with van der Waals surface area (Å²) in [6, 6.07) is 9.59. The molecule has 0 spiro atoms. The Morgan fingerprint density at radius 1 is 1.15 bits per heavy atom. The van der Waals surface area contributed by atoms with Crippen LogP contribution in [0.4, 0.5) is 11.5 Å². The lowest BCUT2D eigenvalue weighted by molar-refractivity contribution is -0.120. The van der Waals surface area contributed by atoms with Crippen LogP contribution in [0.15, 0.2) is 52.6 Å². The smallest absolute Gasteiger partial charge is 0.265 e. The number of pyridine rings is 1. The van der Waals surface area contributed by atoms with Crippen LogP contribution in [0.3, 0.4) is 0 Å². The fraction of sp³-hybridized carbons (Fsp3) is 0.435. The minimum absolute atomic E-state index is 0.152.